The molecule has 0 bridgehead atoms. The van der Waals surface area contributed by atoms with Crippen LogP contribution >= 0.6 is 11.6 Å². The highest BCUT2D eigenvalue weighted by Gasteiger charge is 2.24. The third kappa shape index (κ3) is 4.39. The largest absolute Gasteiger partial charge is 0.454 e. The summed E-state index contributed by atoms with van der Waals surface area (Å²) in [4.78, 5) is 12.9. The number of hydrogen-bond donors (Lipinski definition) is 0. The van der Waals surface area contributed by atoms with E-state index in [1.807, 2.05) is 18.2 Å². The molecule has 0 unspecified atom stereocenters. The predicted octanol–water partition coefficient (Wildman–Crippen LogP) is 7.07. The second-order valence-corrected chi connectivity index (χ2v) is 8.34. The van der Waals surface area contributed by atoms with Gasteiger partial charge in [0.05, 0.1) is 10.5 Å². The summed E-state index contributed by atoms with van der Waals surface area (Å²) in [6.45, 7) is 5.33. The van der Waals surface area contributed by atoms with Crippen molar-refractivity contribution in [2.24, 2.45) is 0 Å². The lowest BCUT2D eigenvalue weighted by Crippen LogP contribution is -2.27. The highest BCUT2D eigenvalue weighted by molar-refractivity contribution is 6.33. The Labute approximate surface area is 184 Å². The van der Waals surface area contributed by atoms with E-state index >= 15 is 0 Å². The summed E-state index contributed by atoms with van der Waals surface area (Å²) in [6.07, 6.45) is -0.640. The zero-order valence-corrected chi connectivity index (χ0v) is 18.0. The molecular formula is C24H20ClFN2O3. The van der Waals surface area contributed by atoms with E-state index in [0.717, 1.165) is 0 Å². The number of para-hydroxylation sites is 1. The summed E-state index contributed by atoms with van der Waals surface area (Å²) in [7, 11) is 0. The van der Waals surface area contributed by atoms with Gasteiger partial charge in [-0.2, -0.15) is 9.78 Å². The smallest absolute Gasteiger partial charge is 0.435 e. The van der Waals surface area contributed by atoms with Gasteiger partial charge < -0.3 is 9.47 Å². The molecule has 0 aliphatic carbocycles. The van der Waals surface area contributed by atoms with E-state index in [9.17, 15) is 9.18 Å². The normalized spacial score (nSPS) is 11.5. The quantitative estimate of drug-likeness (QED) is 0.343. The summed E-state index contributed by atoms with van der Waals surface area (Å²) in [5.74, 6) is -0.0514. The molecule has 4 rings (SSSR count). The van der Waals surface area contributed by atoms with Crippen LogP contribution in [0.3, 0.4) is 0 Å². The summed E-state index contributed by atoms with van der Waals surface area (Å²) in [6, 6.07) is 18.4. The van der Waals surface area contributed by atoms with Crippen LogP contribution in [0, 0.1) is 5.82 Å². The van der Waals surface area contributed by atoms with Crippen LogP contribution in [-0.2, 0) is 4.74 Å². The van der Waals surface area contributed by atoms with Crippen LogP contribution in [-0.4, -0.2) is 21.5 Å². The summed E-state index contributed by atoms with van der Waals surface area (Å²) >= 11 is 6.38. The molecular weight excluding hydrogens is 419 g/mol. The first-order valence-electron chi connectivity index (χ1n) is 9.66. The third-order valence-corrected chi connectivity index (χ3v) is 4.74. The number of ether oxygens (including phenoxy) is 2. The second kappa shape index (κ2) is 8.04. The third-order valence-electron chi connectivity index (χ3n) is 4.41. The molecule has 0 atom stereocenters. The molecule has 0 aliphatic heterocycles. The Morgan fingerprint density at radius 2 is 1.74 bits per heavy atom. The Morgan fingerprint density at radius 1 is 1.03 bits per heavy atom. The number of carbonyl (C=O) groups excluding carboxylic acids is 1. The molecule has 4 aromatic rings. The van der Waals surface area contributed by atoms with Gasteiger partial charge >= 0.3 is 6.09 Å². The van der Waals surface area contributed by atoms with Gasteiger partial charge in [0.2, 0.25) is 0 Å². The first-order chi connectivity index (χ1) is 14.7. The number of benzene rings is 3. The maximum atomic E-state index is 14.0. The van der Waals surface area contributed by atoms with Gasteiger partial charge in [0.15, 0.2) is 11.6 Å². The van der Waals surface area contributed by atoms with Crippen molar-refractivity contribution in [1.29, 1.82) is 0 Å². The first kappa shape index (κ1) is 20.9. The van der Waals surface area contributed by atoms with E-state index in [1.165, 1.54) is 16.8 Å². The zero-order chi connectivity index (χ0) is 22.2. The molecule has 5 nitrogen and oxygen atoms in total. The molecule has 0 radical (unpaired) electrons. The Morgan fingerprint density at radius 3 is 2.45 bits per heavy atom. The van der Waals surface area contributed by atoms with Crippen LogP contribution in [0.4, 0.5) is 9.18 Å². The minimum atomic E-state index is -0.707. The highest BCUT2D eigenvalue weighted by atomic mass is 35.5. The first-order valence-corrected chi connectivity index (χ1v) is 10.0. The van der Waals surface area contributed by atoms with Crippen LogP contribution in [0.2, 0.25) is 5.02 Å². The van der Waals surface area contributed by atoms with Gasteiger partial charge in [0.1, 0.15) is 17.0 Å². The van der Waals surface area contributed by atoms with Crippen LogP contribution in [0.25, 0.3) is 22.2 Å². The molecule has 31 heavy (non-hydrogen) atoms. The molecule has 0 N–H and O–H groups in total. The van der Waals surface area contributed by atoms with E-state index < -0.39 is 17.5 Å². The average molecular weight is 439 g/mol. The minimum absolute atomic E-state index is 0.0801. The van der Waals surface area contributed by atoms with Crippen LogP contribution in [0.5, 0.6) is 11.5 Å². The van der Waals surface area contributed by atoms with E-state index in [4.69, 9.17) is 21.1 Å². The SMILES string of the molecule is CC(C)(C)OC(=O)n1nc(-c2ccccc2Cl)c2ccc(Oc3ccccc3F)cc21. The summed E-state index contributed by atoms with van der Waals surface area (Å²) < 4.78 is 26.4. The summed E-state index contributed by atoms with van der Waals surface area (Å²) in [5, 5.41) is 5.68. The Balaban J connectivity index is 1.86. The van der Waals surface area contributed by atoms with Crippen LogP contribution < -0.4 is 4.74 Å². The molecule has 0 fully saturated rings. The van der Waals surface area contributed by atoms with Crippen molar-refractivity contribution in [1.82, 2.24) is 9.78 Å². The fourth-order valence-corrected chi connectivity index (χ4v) is 3.33. The zero-order valence-electron chi connectivity index (χ0n) is 17.2. The number of fused-ring (bicyclic) bond motifs is 1. The molecule has 0 saturated carbocycles. The fraction of sp³-hybridized carbons (Fsp3) is 0.167. The number of nitrogens with zero attached hydrogens (tertiary/aromatic N) is 2. The van der Waals surface area contributed by atoms with Gasteiger partial charge in [-0.1, -0.05) is 41.9 Å². The Bertz CT molecular complexity index is 1280. The van der Waals surface area contributed by atoms with E-state index in [0.29, 0.717) is 32.9 Å². The van der Waals surface area contributed by atoms with Crippen molar-refractivity contribution in [3.63, 3.8) is 0 Å². The van der Waals surface area contributed by atoms with Crippen LogP contribution in [0.15, 0.2) is 66.7 Å². The molecule has 0 saturated heterocycles. The van der Waals surface area contributed by atoms with Gasteiger partial charge in [-0.05, 0) is 51.1 Å². The van der Waals surface area contributed by atoms with Gasteiger partial charge in [-0.3, -0.25) is 0 Å². The van der Waals surface area contributed by atoms with Gasteiger partial charge in [0, 0.05) is 17.0 Å². The molecule has 0 spiro atoms. The topological polar surface area (TPSA) is 53.4 Å². The number of carbonyl (C=O) groups is 1. The number of aromatic nitrogens is 2. The monoisotopic (exact) mass is 438 g/mol. The van der Waals surface area contributed by atoms with E-state index in [1.54, 1.807) is 57.2 Å². The number of halogens is 2. The van der Waals surface area contributed by atoms with E-state index in [-0.39, 0.29) is 5.75 Å². The van der Waals surface area contributed by atoms with Crippen molar-refractivity contribution in [2.75, 3.05) is 0 Å². The van der Waals surface area contributed by atoms with Gasteiger partial charge in [0.25, 0.3) is 0 Å². The van der Waals surface area contributed by atoms with Crippen molar-refractivity contribution in [3.8, 4) is 22.8 Å². The molecule has 7 heteroatoms. The standard InChI is InChI=1S/C24H20ClFN2O3/c1-24(2,3)31-23(29)28-20-14-15(30-21-11-7-6-10-19(21)26)12-13-17(20)22(27-28)16-8-4-5-9-18(16)25/h4-14H,1-3H3. The summed E-state index contributed by atoms with van der Waals surface area (Å²) in [5.41, 5.74) is 0.961. The highest BCUT2D eigenvalue weighted by Crippen LogP contribution is 2.35. The Kier molecular flexibility index (Phi) is 5.41. The van der Waals surface area contributed by atoms with Gasteiger partial charge in [-0.15, -0.1) is 0 Å². The Hall–Kier alpha value is -3.38. The van der Waals surface area contributed by atoms with Crippen molar-refractivity contribution < 1.29 is 18.7 Å². The lowest BCUT2D eigenvalue weighted by atomic mass is 10.1. The molecule has 3 aromatic carbocycles. The molecule has 0 aliphatic rings. The maximum absolute atomic E-state index is 14.0. The van der Waals surface area contributed by atoms with Crippen LogP contribution in [0.1, 0.15) is 20.8 Å². The minimum Gasteiger partial charge on any atom is -0.454 e. The lowest BCUT2D eigenvalue weighted by molar-refractivity contribution is 0.0523. The lowest BCUT2D eigenvalue weighted by Gasteiger charge is -2.19. The second-order valence-electron chi connectivity index (χ2n) is 7.93. The fourth-order valence-electron chi connectivity index (χ4n) is 3.11. The molecule has 1 aromatic heterocycles. The average Bonchev–Trinajstić information content (AvgIpc) is 3.08. The van der Waals surface area contributed by atoms with Crippen molar-refractivity contribution in [2.45, 2.75) is 26.4 Å². The predicted molar refractivity (Wildman–Crippen MR) is 118 cm³/mol. The van der Waals surface area contributed by atoms with Crippen molar-refractivity contribution >= 4 is 28.6 Å². The number of rotatable bonds is 3. The maximum Gasteiger partial charge on any atom is 0.435 e. The van der Waals surface area contributed by atoms with E-state index in [2.05, 4.69) is 5.10 Å². The number of hydrogen-bond acceptors (Lipinski definition) is 4. The van der Waals surface area contributed by atoms with Gasteiger partial charge in [-0.25, -0.2) is 9.18 Å². The molecule has 158 valence electrons. The van der Waals surface area contributed by atoms with Crippen molar-refractivity contribution in [3.05, 3.63) is 77.6 Å². The molecule has 1 heterocycles. The molecule has 0 amide bonds.